The van der Waals surface area contributed by atoms with Gasteiger partial charge in [-0.2, -0.15) is 0 Å². The molecule has 2 aromatic heterocycles. The average molecular weight is 470 g/mol. The summed E-state index contributed by atoms with van der Waals surface area (Å²) in [5, 5.41) is 13.7. The van der Waals surface area contributed by atoms with Gasteiger partial charge in [0.15, 0.2) is 0 Å². The highest BCUT2D eigenvalue weighted by Gasteiger charge is 2.30. The van der Waals surface area contributed by atoms with Gasteiger partial charge in [-0.3, -0.25) is 4.79 Å². The molecule has 0 unspecified atom stereocenters. The van der Waals surface area contributed by atoms with Gasteiger partial charge < -0.3 is 14.2 Å². The molecule has 2 aromatic carbocycles. The molecule has 4 aromatic rings. The summed E-state index contributed by atoms with van der Waals surface area (Å²) in [7, 11) is 0. The molecule has 0 spiro atoms. The number of furan rings is 1. The lowest BCUT2D eigenvalue weighted by atomic mass is 9.81. The summed E-state index contributed by atoms with van der Waals surface area (Å²) in [6, 6.07) is 14.7. The zero-order chi connectivity index (χ0) is 22.1. The Morgan fingerprint density at radius 1 is 0.938 bits per heavy atom. The largest absolute Gasteiger partial charge is 0.459 e. The highest BCUT2D eigenvalue weighted by molar-refractivity contribution is 6.31. The Morgan fingerprint density at radius 3 is 2.47 bits per heavy atom. The summed E-state index contributed by atoms with van der Waals surface area (Å²) in [6.07, 6.45) is 3.24. The summed E-state index contributed by atoms with van der Waals surface area (Å²) in [5.41, 5.74) is 1.60. The van der Waals surface area contributed by atoms with Crippen LogP contribution in [-0.4, -0.2) is 16.1 Å². The predicted molar refractivity (Wildman–Crippen MR) is 123 cm³/mol. The first-order chi connectivity index (χ1) is 15.5. The van der Waals surface area contributed by atoms with Crippen LogP contribution in [0.5, 0.6) is 0 Å². The van der Waals surface area contributed by atoms with Gasteiger partial charge in [0.2, 0.25) is 17.7 Å². The van der Waals surface area contributed by atoms with Crippen LogP contribution in [0.2, 0.25) is 10.0 Å². The van der Waals surface area contributed by atoms with Gasteiger partial charge in [0.1, 0.15) is 11.3 Å². The molecule has 0 saturated heterocycles. The Hall–Kier alpha value is -2.83. The van der Waals surface area contributed by atoms with Gasteiger partial charge in [-0.1, -0.05) is 23.2 Å². The number of nitrogens with one attached hydrogen (secondary N) is 1. The van der Waals surface area contributed by atoms with E-state index in [0.29, 0.717) is 34.1 Å². The van der Waals surface area contributed by atoms with E-state index in [1.165, 1.54) is 0 Å². The number of halogens is 2. The normalized spacial score (nSPS) is 18.7. The van der Waals surface area contributed by atoms with E-state index in [2.05, 4.69) is 15.5 Å². The molecule has 5 rings (SSSR count). The Balaban J connectivity index is 1.15. The Morgan fingerprint density at radius 2 is 1.69 bits per heavy atom. The second-order valence-corrected chi connectivity index (χ2v) is 8.99. The van der Waals surface area contributed by atoms with E-state index in [-0.39, 0.29) is 17.7 Å². The predicted octanol–water partition coefficient (Wildman–Crippen LogP) is 6.38. The van der Waals surface area contributed by atoms with E-state index in [4.69, 9.17) is 32.0 Å². The molecular weight excluding hydrogens is 449 g/mol. The number of hydrogen-bond donors (Lipinski definition) is 1. The molecule has 0 bridgehead atoms. The number of fused-ring (bicyclic) bond motifs is 1. The van der Waals surface area contributed by atoms with Crippen molar-refractivity contribution >= 4 is 40.1 Å². The first-order valence-electron chi connectivity index (χ1n) is 10.6. The van der Waals surface area contributed by atoms with Crippen molar-refractivity contribution in [3.8, 4) is 11.5 Å². The van der Waals surface area contributed by atoms with E-state index >= 15 is 0 Å². The first-order valence-corrected chi connectivity index (χ1v) is 11.4. The molecular formula is C24H21Cl2N3O3. The fourth-order valence-corrected chi connectivity index (χ4v) is 4.49. The number of nitrogens with zero attached hydrogens (tertiary/aromatic N) is 2. The van der Waals surface area contributed by atoms with Gasteiger partial charge in [0.05, 0.1) is 6.54 Å². The molecule has 0 aliphatic heterocycles. The number of hydrogen-bond acceptors (Lipinski definition) is 5. The van der Waals surface area contributed by atoms with E-state index in [1.54, 1.807) is 18.2 Å². The fraction of sp³-hybridized carbons (Fsp3) is 0.292. The van der Waals surface area contributed by atoms with Crippen LogP contribution in [0.3, 0.4) is 0 Å². The fourth-order valence-electron chi connectivity index (χ4n) is 4.19. The van der Waals surface area contributed by atoms with Gasteiger partial charge in [0.25, 0.3) is 0 Å². The third-order valence-electron chi connectivity index (χ3n) is 5.95. The molecule has 2 heterocycles. The quantitative estimate of drug-likeness (QED) is 0.366. The number of carbonyl (C=O) groups is 1. The van der Waals surface area contributed by atoms with Crippen LogP contribution < -0.4 is 5.32 Å². The van der Waals surface area contributed by atoms with Crippen LogP contribution in [0.15, 0.2) is 57.4 Å². The number of amides is 1. The van der Waals surface area contributed by atoms with Crippen molar-refractivity contribution in [3.05, 3.63) is 70.2 Å². The van der Waals surface area contributed by atoms with Crippen molar-refractivity contribution in [1.82, 2.24) is 15.5 Å². The second-order valence-electron chi connectivity index (χ2n) is 8.11. The van der Waals surface area contributed by atoms with Crippen LogP contribution >= 0.6 is 23.2 Å². The smallest absolute Gasteiger partial charge is 0.247 e. The van der Waals surface area contributed by atoms with Crippen molar-refractivity contribution < 1.29 is 13.6 Å². The zero-order valence-electron chi connectivity index (χ0n) is 17.2. The maximum Gasteiger partial charge on any atom is 0.247 e. The van der Waals surface area contributed by atoms with E-state index in [0.717, 1.165) is 42.2 Å². The van der Waals surface area contributed by atoms with Crippen LogP contribution in [0.4, 0.5) is 0 Å². The minimum atomic E-state index is -0.0243. The number of rotatable bonds is 5. The van der Waals surface area contributed by atoms with Crippen LogP contribution in [0.1, 0.15) is 43.3 Å². The molecule has 164 valence electrons. The summed E-state index contributed by atoms with van der Waals surface area (Å²) in [4.78, 5) is 12.7. The zero-order valence-corrected chi connectivity index (χ0v) is 18.7. The molecule has 1 fully saturated rings. The Bertz CT molecular complexity index is 1240. The first kappa shape index (κ1) is 21.0. The third-order valence-corrected chi connectivity index (χ3v) is 6.43. The standard InChI is InChI=1S/C24H21Cl2N3O3/c25-18-7-5-16(6-8-18)24-29-28-23(32-24)15-3-1-14(2-4-15)22(30)27-13-20-12-17-11-19(26)9-10-21(17)31-20/h5-12,14-15H,1-4,13H2,(H,27,30)/t14-,15-. The molecule has 0 radical (unpaired) electrons. The molecule has 1 amide bonds. The van der Waals surface area contributed by atoms with Crippen molar-refractivity contribution in [2.45, 2.75) is 38.1 Å². The molecule has 0 atom stereocenters. The van der Waals surface area contributed by atoms with Crippen LogP contribution in [-0.2, 0) is 11.3 Å². The summed E-state index contributed by atoms with van der Waals surface area (Å²) < 4.78 is 11.7. The number of aromatic nitrogens is 2. The molecule has 1 N–H and O–H groups in total. The number of carbonyl (C=O) groups excluding carboxylic acids is 1. The number of benzene rings is 2. The maximum absolute atomic E-state index is 12.7. The SMILES string of the molecule is O=C(NCc1cc2cc(Cl)ccc2o1)[C@H]1CC[C@H](c2nnc(-c3ccc(Cl)cc3)o2)CC1. The topological polar surface area (TPSA) is 81.2 Å². The second kappa shape index (κ2) is 8.96. The maximum atomic E-state index is 12.7. The van der Waals surface area contributed by atoms with Crippen molar-refractivity contribution in [3.63, 3.8) is 0 Å². The van der Waals surface area contributed by atoms with Crippen LogP contribution in [0, 0.1) is 5.92 Å². The molecule has 8 heteroatoms. The molecule has 1 saturated carbocycles. The molecule has 1 aliphatic rings. The molecule has 6 nitrogen and oxygen atoms in total. The summed E-state index contributed by atoms with van der Waals surface area (Å²) in [5.74, 6) is 2.04. The molecule has 1 aliphatic carbocycles. The summed E-state index contributed by atoms with van der Waals surface area (Å²) in [6.45, 7) is 0.360. The molecule has 32 heavy (non-hydrogen) atoms. The van der Waals surface area contributed by atoms with E-state index < -0.39 is 0 Å². The lowest BCUT2D eigenvalue weighted by molar-refractivity contribution is -0.126. The monoisotopic (exact) mass is 469 g/mol. The average Bonchev–Trinajstić information content (AvgIpc) is 3.45. The minimum absolute atomic E-state index is 0.0243. The van der Waals surface area contributed by atoms with Crippen molar-refractivity contribution in [2.75, 3.05) is 0 Å². The lowest BCUT2D eigenvalue weighted by Gasteiger charge is -2.25. The van der Waals surface area contributed by atoms with Crippen LogP contribution in [0.25, 0.3) is 22.4 Å². The van der Waals surface area contributed by atoms with Gasteiger partial charge >= 0.3 is 0 Å². The summed E-state index contributed by atoms with van der Waals surface area (Å²) >= 11 is 12.0. The van der Waals surface area contributed by atoms with Gasteiger partial charge in [-0.25, -0.2) is 0 Å². The third kappa shape index (κ3) is 4.52. The van der Waals surface area contributed by atoms with E-state index in [1.807, 2.05) is 30.3 Å². The van der Waals surface area contributed by atoms with Gasteiger partial charge in [-0.05, 0) is 74.2 Å². The Kier molecular flexibility index (Phi) is 5.89. The Labute approximate surface area is 194 Å². The highest BCUT2D eigenvalue weighted by atomic mass is 35.5. The van der Waals surface area contributed by atoms with Crippen molar-refractivity contribution in [2.24, 2.45) is 5.92 Å². The van der Waals surface area contributed by atoms with Crippen molar-refractivity contribution in [1.29, 1.82) is 0 Å². The van der Waals surface area contributed by atoms with E-state index in [9.17, 15) is 4.79 Å². The minimum Gasteiger partial charge on any atom is -0.459 e. The van der Waals surface area contributed by atoms with Gasteiger partial charge in [0, 0.05) is 32.8 Å². The lowest BCUT2D eigenvalue weighted by Crippen LogP contribution is -2.32. The van der Waals surface area contributed by atoms with Gasteiger partial charge in [-0.15, -0.1) is 10.2 Å². The highest BCUT2D eigenvalue weighted by Crippen LogP contribution is 2.36.